The Labute approximate surface area is 361 Å². The highest BCUT2D eigenvalue weighted by Gasteiger charge is 2.62. The molecule has 14 heteroatoms. The zero-order valence-corrected chi connectivity index (χ0v) is 37.3. The molecule has 0 radical (unpaired) electrons. The van der Waals surface area contributed by atoms with Crippen LogP contribution < -0.4 is 10.4 Å². The molecule has 1 heterocycles. The van der Waals surface area contributed by atoms with E-state index in [2.05, 4.69) is 65.1 Å². The third kappa shape index (κ3) is 10.6. The van der Waals surface area contributed by atoms with Gasteiger partial charge in [-0.2, -0.15) is 0 Å². The van der Waals surface area contributed by atoms with Gasteiger partial charge in [-0.15, -0.1) is 0 Å². The number of amides is 2. The highest BCUT2D eigenvalue weighted by molar-refractivity contribution is 6.99. The molecule has 1 aliphatic heterocycles. The second-order valence-corrected chi connectivity index (χ2v) is 20.9. The molecule has 0 aromatic heterocycles. The van der Waals surface area contributed by atoms with E-state index in [4.69, 9.17) is 25.0 Å². The summed E-state index contributed by atoms with van der Waals surface area (Å²) in [5, 5.41) is 9.13. The summed E-state index contributed by atoms with van der Waals surface area (Å²) in [6.07, 6.45) is 0.820. The van der Waals surface area contributed by atoms with Crippen LogP contribution in [0.5, 0.6) is 0 Å². The SMILES string of the molecule is CC[C@@H](O[Si](c1ccccc1)(c1ccccc1)C(C)(C)C)[C@@]1(C)OC(=O)N(CCCCN=[N+]=[N-])[C@@H]1C(=O)N(C)[C@H](c1ccccc1)[C@H](OCCCCN=[N+]=[N-])c1ccccc1. The Balaban J connectivity index is 1.64. The van der Waals surface area contributed by atoms with E-state index in [0.29, 0.717) is 45.3 Å². The molecule has 1 fully saturated rings. The first kappa shape index (κ1) is 46.4. The molecule has 4 aromatic carbocycles. The van der Waals surface area contributed by atoms with Gasteiger partial charge >= 0.3 is 6.09 Å². The first-order valence-electron chi connectivity index (χ1n) is 21.2. The smallest absolute Gasteiger partial charge is 0.411 e. The number of benzene rings is 4. The molecule has 5 rings (SSSR count). The van der Waals surface area contributed by atoms with Crippen molar-refractivity contribution in [1.29, 1.82) is 0 Å². The molecule has 0 N–H and O–H groups in total. The maximum atomic E-state index is 15.8. The van der Waals surface area contributed by atoms with Crippen LogP contribution in [0.2, 0.25) is 5.04 Å². The molecule has 2 amide bonds. The third-order valence-electron chi connectivity index (χ3n) is 11.7. The Kier molecular flexibility index (Phi) is 16.6. The fourth-order valence-electron chi connectivity index (χ4n) is 8.71. The molecule has 1 aliphatic rings. The second kappa shape index (κ2) is 21.8. The predicted octanol–water partition coefficient (Wildman–Crippen LogP) is 10.1. The highest BCUT2D eigenvalue weighted by Crippen LogP contribution is 2.45. The Morgan fingerprint density at radius 3 is 1.80 bits per heavy atom. The van der Waals surface area contributed by atoms with Gasteiger partial charge < -0.3 is 18.8 Å². The molecule has 61 heavy (non-hydrogen) atoms. The minimum atomic E-state index is -3.22. The summed E-state index contributed by atoms with van der Waals surface area (Å²) in [7, 11) is -1.44. The van der Waals surface area contributed by atoms with Crippen molar-refractivity contribution in [3.63, 3.8) is 0 Å². The second-order valence-electron chi connectivity index (χ2n) is 16.7. The van der Waals surface area contributed by atoms with Gasteiger partial charge in [0.15, 0.2) is 11.6 Å². The van der Waals surface area contributed by atoms with E-state index < -0.39 is 44.3 Å². The summed E-state index contributed by atoms with van der Waals surface area (Å²) in [4.78, 5) is 39.2. The summed E-state index contributed by atoms with van der Waals surface area (Å²) < 4.78 is 21.0. The van der Waals surface area contributed by atoms with Crippen LogP contribution in [0.1, 0.15) is 90.0 Å². The molecule has 0 aliphatic carbocycles. The zero-order chi connectivity index (χ0) is 43.9. The van der Waals surface area contributed by atoms with E-state index in [9.17, 15) is 4.79 Å². The average Bonchev–Trinajstić information content (AvgIpc) is 3.53. The molecule has 1 saturated heterocycles. The number of hydrogen-bond acceptors (Lipinski definition) is 7. The number of azide groups is 2. The summed E-state index contributed by atoms with van der Waals surface area (Å²) >= 11 is 0. The van der Waals surface area contributed by atoms with Crippen molar-refractivity contribution < 1.29 is 23.5 Å². The summed E-state index contributed by atoms with van der Waals surface area (Å²) in [5.41, 5.74) is 18.0. The number of carbonyl (C=O) groups is 2. The van der Waals surface area contributed by atoms with Gasteiger partial charge in [0.25, 0.3) is 8.32 Å². The highest BCUT2D eigenvalue weighted by atomic mass is 28.4. The number of nitrogens with zero attached hydrogens (tertiary/aromatic N) is 8. The largest absolute Gasteiger partial charge is 0.438 e. The lowest BCUT2D eigenvalue weighted by Gasteiger charge is -2.48. The Morgan fingerprint density at radius 2 is 1.31 bits per heavy atom. The van der Waals surface area contributed by atoms with Gasteiger partial charge in [-0.25, -0.2) is 4.79 Å². The number of unbranched alkanes of at least 4 members (excludes halogenated alkanes) is 2. The van der Waals surface area contributed by atoms with Crippen LogP contribution in [-0.2, 0) is 18.7 Å². The predicted molar refractivity (Wildman–Crippen MR) is 242 cm³/mol. The first-order chi connectivity index (χ1) is 29.4. The van der Waals surface area contributed by atoms with Crippen molar-refractivity contribution in [2.75, 3.05) is 33.3 Å². The maximum absolute atomic E-state index is 15.8. The lowest BCUT2D eigenvalue weighted by molar-refractivity contribution is -0.148. The number of likely N-dealkylation sites (N-methyl/N-ethyl adjacent to an activating group) is 1. The monoisotopic (exact) mass is 844 g/mol. The first-order valence-corrected chi connectivity index (χ1v) is 23.1. The van der Waals surface area contributed by atoms with Crippen LogP contribution in [0.25, 0.3) is 20.9 Å². The molecule has 5 atom stereocenters. The van der Waals surface area contributed by atoms with Crippen molar-refractivity contribution in [2.45, 2.75) is 102 Å². The van der Waals surface area contributed by atoms with E-state index in [0.717, 1.165) is 21.5 Å². The van der Waals surface area contributed by atoms with Crippen LogP contribution >= 0.6 is 0 Å². The van der Waals surface area contributed by atoms with Crippen molar-refractivity contribution >= 4 is 30.7 Å². The summed E-state index contributed by atoms with van der Waals surface area (Å²) in [5.74, 6) is -0.324. The average molecular weight is 845 g/mol. The molecule has 0 saturated carbocycles. The standard InChI is InChI=1S/C47H60N8O5Si/c1-7-40(60-61(46(2,3)4,38-28-16-10-17-29-38)39-30-18-11-19-31-39)47(5)43(55(45(57)59-47)34-22-20-32-50-52-48)44(56)54(6)41(36-24-12-8-13-25-36)42(37-26-14-9-15-27-37)58-35-23-21-33-51-53-49/h8-19,24-31,40-43H,7,20-23,32-35H2,1-6H3/t40-,41-,42-,43-,47-/m1/s1. The van der Waals surface area contributed by atoms with Gasteiger partial charge in [-0.3, -0.25) is 9.69 Å². The van der Waals surface area contributed by atoms with Gasteiger partial charge in [0.2, 0.25) is 5.91 Å². The van der Waals surface area contributed by atoms with Crippen LogP contribution in [0.3, 0.4) is 0 Å². The lowest BCUT2D eigenvalue weighted by atomic mass is 9.86. The number of rotatable bonds is 22. The number of cyclic esters (lactones) is 1. The van der Waals surface area contributed by atoms with Crippen molar-refractivity contribution in [3.8, 4) is 0 Å². The fraction of sp³-hybridized carbons (Fsp3) is 0.447. The zero-order valence-electron chi connectivity index (χ0n) is 36.3. The van der Waals surface area contributed by atoms with E-state index in [1.807, 2.05) is 111 Å². The molecular formula is C47H60N8O5Si. The minimum Gasteiger partial charge on any atom is -0.438 e. The molecule has 0 bridgehead atoms. The number of ether oxygens (including phenoxy) is 2. The molecular weight excluding hydrogens is 785 g/mol. The van der Waals surface area contributed by atoms with Crippen molar-refractivity contribution in [3.05, 3.63) is 153 Å². The van der Waals surface area contributed by atoms with Gasteiger partial charge in [0, 0.05) is 43.1 Å². The molecule has 13 nitrogen and oxygen atoms in total. The lowest BCUT2D eigenvalue weighted by Crippen LogP contribution is -2.70. The minimum absolute atomic E-state index is 0.203. The van der Waals surface area contributed by atoms with Crippen LogP contribution in [0, 0.1) is 0 Å². The third-order valence-corrected chi connectivity index (χ3v) is 16.7. The van der Waals surface area contributed by atoms with Crippen LogP contribution in [-0.4, -0.2) is 81.2 Å². The van der Waals surface area contributed by atoms with Gasteiger partial charge in [-0.1, -0.05) is 159 Å². The maximum Gasteiger partial charge on any atom is 0.411 e. The van der Waals surface area contributed by atoms with E-state index >= 15 is 4.79 Å². The van der Waals surface area contributed by atoms with E-state index in [1.54, 1.807) is 16.8 Å². The number of carbonyl (C=O) groups excluding carboxylic acids is 2. The van der Waals surface area contributed by atoms with Gasteiger partial charge in [0.1, 0.15) is 6.10 Å². The molecule has 322 valence electrons. The fourth-order valence-corrected chi connectivity index (χ4v) is 13.6. The van der Waals surface area contributed by atoms with E-state index in [-0.39, 0.29) is 24.0 Å². The summed E-state index contributed by atoms with van der Waals surface area (Å²) in [6.45, 7) is 11.6. The van der Waals surface area contributed by atoms with Gasteiger partial charge in [0.05, 0.1) is 12.1 Å². The Hall–Kier alpha value is -5.62. The van der Waals surface area contributed by atoms with Crippen LogP contribution in [0.4, 0.5) is 4.79 Å². The Bertz CT molecular complexity index is 2060. The number of hydrogen-bond donors (Lipinski definition) is 0. The van der Waals surface area contributed by atoms with Crippen molar-refractivity contribution in [1.82, 2.24) is 9.80 Å². The summed E-state index contributed by atoms with van der Waals surface area (Å²) in [6, 6.07) is 38.5. The quantitative estimate of drug-likeness (QED) is 0.0252. The Morgan fingerprint density at radius 1 is 0.820 bits per heavy atom. The van der Waals surface area contributed by atoms with Gasteiger partial charge in [-0.05, 0) is 76.6 Å². The van der Waals surface area contributed by atoms with E-state index in [1.165, 1.54) is 0 Å². The normalized spacial score (nSPS) is 18.0. The molecule has 4 aromatic rings. The molecule has 0 spiro atoms. The molecule has 0 unspecified atom stereocenters. The van der Waals surface area contributed by atoms with Crippen LogP contribution in [0.15, 0.2) is 132 Å². The topological polar surface area (TPSA) is 166 Å². The van der Waals surface area contributed by atoms with Crippen molar-refractivity contribution in [2.24, 2.45) is 10.2 Å².